The molecule has 0 radical (unpaired) electrons. The predicted molar refractivity (Wildman–Crippen MR) is 150 cm³/mol. The van der Waals surface area contributed by atoms with Crippen molar-refractivity contribution in [2.75, 3.05) is 49.8 Å². The molecule has 0 fully saturated rings. The van der Waals surface area contributed by atoms with Crippen LogP contribution in [-0.4, -0.2) is 62.9 Å². The van der Waals surface area contributed by atoms with Crippen molar-refractivity contribution >= 4 is 52.0 Å². The van der Waals surface area contributed by atoms with Crippen LogP contribution in [0.4, 0.5) is 17.1 Å². The summed E-state index contributed by atoms with van der Waals surface area (Å²) >= 11 is 0. The quantitative estimate of drug-likeness (QED) is 0.288. The number of nitrogens with one attached hydrogen (secondary N) is 2. The van der Waals surface area contributed by atoms with E-state index in [4.69, 9.17) is 10.5 Å². The Morgan fingerprint density at radius 3 is 2.26 bits per heavy atom. The summed E-state index contributed by atoms with van der Waals surface area (Å²) in [6, 6.07) is 21.6. The highest BCUT2D eigenvalue weighted by molar-refractivity contribution is 6.37. The Labute approximate surface area is 226 Å². The van der Waals surface area contributed by atoms with Crippen molar-refractivity contribution < 1.29 is 23.9 Å². The lowest BCUT2D eigenvalue weighted by atomic mass is 9.99. The number of primary amides is 1. The molecule has 1 aliphatic heterocycles. The number of amides is 3. The molecule has 0 unspecified atom stereocenters. The molecule has 3 aromatic carbocycles. The van der Waals surface area contributed by atoms with Crippen molar-refractivity contribution in [1.29, 1.82) is 0 Å². The summed E-state index contributed by atoms with van der Waals surface area (Å²) in [5.74, 6) is -1.50. The summed E-state index contributed by atoms with van der Waals surface area (Å²) in [6.07, 6.45) is 0. The van der Waals surface area contributed by atoms with Gasteiger partial charge in [0.2, 0.25) is 11.8 Å². The molecule has 0 aliphatic carbocycles. The number of likely N-dealkylation sites (N-methyl/N-ethyl adjacent to an activating group) is 2. The molecule has 1 heterocycles. The monoisotopic (exact) mass is 527 g/mol. The van der Waals surface area contributed by atoms with E-state index in [-0.39, 0.29) is 24.9 Å². The maximum atomic E-state index is 13.2. The number of benzene rings is 3. The minimum atomic E-state index is -0.505. The molecule has 200 valence electrons. The van der Waals surface area contributed by atoms with Gasteiger partial charge >= 0.3 is 5.97 Å². The van der Waals surface area contributed by atoms with Crippen molar-refractivity contribution in [3.05, 3.63) is 89.5 Å². The van der Waals surface area contributed by atoms with Gasteiger partial charge in [-0.05, 0) is 49.0 Å². The SMILES string of the molecule is COC(=O)c1ccc2c(c1)NC(=O)/C2=C(\Nc1ccc(N(C)C(=O)CN(C)CC(N)=O)cc1)c1ccccc1. The van der Waals surface area contributed by atoms with Gasteiger partial charge < -0.3 is 26.0 Å². The summed E-state index contributed by atoms with van der Waals surface area (Å²) in [7, 11) is 4.61. The molecule has 0 bridgehead atoms. The molecular weight excluding hydrogens is 498 g/mol. The van der Waals surface area contributed by atoms with Gasteiger partial charge in [-0.25, -0.2) is 4.79 Å². The van der Waals surface area contributed by atoms with Crippen LogP contribution in [0.15, 0.2) is 72.8 Å². The van der Waals surface area contributed by atoms with E-state index < -0.39 is 11.9 Å². The molecule has 1 aliphatic rings. The zero-order valence-electron chi connectivity index (χ0n) is 21.9. The Balaban J connectivity index is 1.64. The topological polar surface area (TPSA) is 134 Å². The molecule has 10 heteroatoms. The molecule has 0 atom stereocenters. The first-order valence-corrected chi connectivity index (χ1v) is 12.1. The van der Waals surface area contributed by atoms with E-state index in [9.17, 15) is 19.2 Å². The van der Waals surface area contributed by atoms with Crippen LogP contribution < -0.4 is 21.3 Å². The van der Waals surface area contributed by atoms with E-state index >= 15 is 0 Å². The number of hydrogen-bond donors (Lipinski definition) is 3. The van der Waals surface area contributed by atoms with Crippen LogP contribution in [0.3, 0.4) is 0 Å². The second-order valence-corrected chi connectivity index (χ2v) is 9.09. The molecule has 0 spiro atoms. The number of carbonyl (C=O) groups excluding carboxylic acids is 4. The summed E-state index contributed by atoms with van der Waals surface area (Å²) < 4.78 is 4.80. The van der Waals surface area contributed by atoms with Crippen molar-refractivity contribution in [3.63, 3.8) is 0 Å². The minimum Gasteiger partial charge on any atom is -0.465 e. The van der Waals surface area contributed by atoms with Crippen LogP contribution in [0.5, 0.6) is 0 Å². The molecular formula is C29H29N5O5. The van der Waals surface area contributed by atoms with Crippen molar-refractivity contribution in [1.82, 2.24) is 4.90 Å². The molecule has 3 amide bonds. The number of fused-ring (bicyclic) bond motifs is 1. The van der Waals surface area contributed by atoms with Crippen molar-refractivity contribution in [3.8, 4) is 0 Å². The molecule has 3 aromatic rings. The number of anilines is 3. The number of nitrogens with two attached hydrogens (primary N) is 1. The first kappa shape index (κ1) is 27.1. The van der Waals surface area contributed by atoms with Gasteiger partial charge in [0.15, 0.2) is 0 Å². The number of methoxy groups -OCH3 is 1. The number of ether oxygens (including phenoxy) is 1. The van der Waals surface area contributed by atoms with Gasteiger partial charge in [0.05, 0.1) is 42.7 Å². The van der Waals surface area contributed by atoms with Crippen LogP contribution in [0.1, 0.15) is 21.5 Å². The van der Waals surface area contributed by atoms with Gasteiger partial charge in [-0.2, -0.15) is 0 Å². The van der Waals surface area contributed by atoms with Crippen LogP contribution in [0, 0.1) is 0 Å². The highest BCUT2D eigenvalue weighted by Gasteiger charge is 2.29. The average molecular weight is 528 g/mol. The molecule has 4 rings (SSSR count). The summed E-state index contributed by atoms with van der Waals surface area (Å²) in [5, 5.41) is 6.22. The lowest BCUT2D eigenvalue weighted by Gasteiger charge is -2.22. The standard InChI is InChI=1S/C29H29N5O5/c1-33(16-24(30)35)17-25(36)34(2)21-12-10-20(11-13-21)31-27(18-7-5-4-6-8-18)26-22-14-9-19(29(38)39-3)15-23(22)32-28(26)37/h4-15,31H,16-17H2,1-3H3,(H2,30,35)(H,32,37)/b27-26-. The smallest absolute Gasteiger partial charge is 0.337 e. The van der Waals surface area contributed by atoms with Crippen molar-refractivity contribution in [2.45, 2.75) is 0 Å². The fourth-order valence-electron chi connectivity index (χ4n) is 4.27. The van der Waals surface area contributed by atoms with E-state index in [2.05, 4.69) is 10.6 Å². The zero-order valence-corrected chi connectivity index (χ0v) is 21.9. The third-order valence-electron chi connectivity index (χ3n) is 6.23. The van der Waals surface area contributed by atoms with Crippen molar-refractivity contribution in [2.24, 2.45) is 5.73 Å². The first-order chi connectivity index (χ1) is 18.7. The molecule has 0 saturated heterocycles. The lowest BCUT2D eigenvalue weighted by Crippen LogP contribution is -2.40. The van der Waals surface area contributed by atoms with Gasteiger partial charge in [0, 0.05) is 24.0 Å². The van der Waals surface area contributed by atoms with Crippen LogP contribution >= 0.6 is 0 Å². The fourth-order valence-corrected chi connectivity index (χ4v) is 4.27. The third kappa shape index (κ3) is 6.13. The maximum absolute atomic E-state index is 13.2. The van der Waals surface area contributed by atoms with E-state index in [1.807, 2.05) is 42.5 Å². The van der Waals surface area contributed by atoms with Crippen LogP contribution in [0.25, 0.3) is 11.3 Å². The van der Waals surface area contributed by atoms with E-state index in [0.29, 0.717) is 39.5 Å². The normalized spacial score (nSPS) is 13.4. The molecule has 10 nitrogen and oxygen atoms in total. The first-order valence-electron chi connectivity index (χ1n) is 12.1. The number of esters is 1. The fraction of sp³-hybridized carbons (Fsp3) is 0.172. The van der Waals surface area contributed by atoms with Gasteiger partial charge in [-0.3, -0.25) is 19.3 Å². The summed E-state index contributed by atoms with van der Waals surface area (Å²) in [6.45, 7) is 0.0238. The zero-order chi connectivity index (χ0) is 28.1. The third-order valence-corrected chi connectivity index (χ3v) is 6.23. The largest absolute Gasteiger partial charge is 0.465 e. The summed E-state index contributed by atoms with van der Waals surface area (Å²) in [4.78, 5) is 51.9. The molecule has 0 saturated carbocycles. The second-order valence-electron chi connectivity index (χ2n) is 9.09. The highest BCUT2D eigenvalue weighted by Crippen LogP contribution is 2.38. The molecule has 4 N–H and O–H groups in total. The number of hydrogen-bond acceptors (Lipinski definition) is 7. The Morgan fingerprint density at radius 2 is 1.62 bits per heavy atom. The van der Waals surface area contributed by atoms with Gasteiger partial charge in [0.25, 0.3) is 5.91 Å². The Hall–Kier alpha value is -4.96. The Morgan fingerprint density at radius 1 is 0.923 bits per heavy atom. The highest BCUT2D eigenvalue weighted by atomic mass is 16.5. The number of nitrogens with zero attached hydrogens (tertiary/aromatic N) is 2. The average Bonchev–Trinajstić information content (AvgIpc) is 3.25. The van der Waals surface area contributed by atoms with E-state index in [0.717, 1.165) is 5.56 Å². The van der Waals surface area contributed by atoms with E-state index in [1.165, 1.54) is 12.0 Å². The summed E-state index contributed by atoms with van der Waals surface area (Å²) in [5.41, 5.74) is 9.87. The van der Waals surface area contributed by atoms with Gasteiger partial charge in [-0.1, -0.05) is 36.4 Å². The molecule has 39 heavy (non-hydrogen) atoms. The van der Waals surface area contributed by atoms with Crippen LogP contribution in [0.2, 0.25) is 0 Å². The Kier molecular flexibility index (Phi) is 8.07. The molecule has 0 aromatic heterocycles. The van der Waals surface area contributed by atoms with E-state index in [1.54, 1.807) is 49.3 Å². The maximum Gasteiger partial charge on any atom is 0.337 e. The minimum absolute atomic E-state index is 0.0138. The van der Waals surface area contributed by atoms with Crippen LogP contribution in [-0.2, 0) is 19.1 Å². The van der Waals surface area contributed by atoms with Gasteiger partial charge in [0.1, 0.15) is 0 Å². The lowest BCUT2D eigenvalue weighted by molar-refractivity contribution is -0.121. The predicted octanol–water partition coefficient (Wildman–Crippen LogP) is 2.79. The second kappa shape index (κ2) is 11.6. The number of carbonyl (C=O) groups is 4. The number of rotatable bonds is 9. The van der Waals surface area contributed by atoms with Gasteiger partial charge in [-0.15, -0.1) is 0 Å². The Bertz CT molecular complexity index is 1450.